The van der Waals surface area contributed by atoms with Crippen molar-refractivity contribution < 1.29 is 18.7 Å². The van der Waals surface area contributed by atoms with Crippen molar-refractivity contribution in [3.05, 3.63) is 23.2 Å². The van der Waals surface area contributed by atoms with Gasteiger partial charge in [0.25, 0.3) is 5.91 Å². The molecule has 0 bridgehead atoms. The zero-order valence-electron chi connectivity index (χ0n) is 12.3. The van der Waals surface area contributed by atoms with Gasteiger partial charge in [-0.05, 0) is 33.6 Å². The molecule has 1 aromatic heterocycles. The summed E-state index contributed by atoms with van der Waals surface area (Å²) in [6.07, 6.45) is 2.94. The molecular weight excluding hydrogens is 258 g/mol. The van der Waals surface area contributed by atoms with Crippen LogP contribution in [0.2, 0.25) is 0 Å². The molecule has 20 heavy (non-hydrogen) atoms. The molecule has 1 amide bonds. The van der Waals surface area contributed by atoms with Crippen LogP contribution in [-0.4, -0.2) is 36.5 Å². The van der Waals surface area contributed by atoms with Crippen LogP contribution in [0.5, 0.6) is 0 Å². The van der Waals surface area contributed by atoms with Gasteiger partial charge in [-0.3, -0.25) is 9.59 Å². The van der Waals surface area contributed by atoms with Gasteiger partial charge in [0.1, 0.15) is 5.76 Å². The highest BCUT2D eigenvalue weighted by molar-refractivity contribution is 5.96. The van der Waals surface area contributed by atoms with Crippen molar-refractivity contribution in [2.45, 2.75) is 33.6 Å². The Morgan fingerprint density at radius 3 is 2.50 bits per heavy atom. The van der Waals surface area contributed by atoms with Gasteiger partial charge < -0.3 is 14.1 Å². The molecule has 5 heteroatoms. The number of furan rings is 1. The maximum atomic E-state index is 12.5. The SMILES string of the molecule is CCOC(=O)C1CCN(C(=O)c2c(C)coc2C)CC1. The van der Waals surface area contributed by atoms with E-state index in [-0.39, 0.29) is 17.8 Å². The van der Waals surface area contributed by atoms with E-state index in [1.807, 2.05) is 6.92 Å². The van der Waals surface area contributed by atoms with Gasteiger partial charge in [-0.2, -0.15) is 0 Å². The van der Waals surface area contributed by atoms with Gasteiger partial charge in [-0.25, -0.2) is 0 Å². The van der Waals surface area contributed by atoms with Crippen molar-refractivity contribution in [3.63, 3.8) is 0 Å². The molecule has 5 nitrogen and oxygen atoms in total. The predicted octanol–water partition coefficient (Wildman–Crippen LogP) is 2.31. The number of hydrogen-bond donors (Lipinski definition) is 0. The Hall–Kier alpha value is -1.78. The molecule has 1 aromatic rings. The fourth-order valence-electron chi connectivity index (χ4n) is 2.63. The molecule has 0 unspecified atom stereocenters. The number of esters is 1. The van der Waals surface area contributed by atoms with Crippen LogP contribution in [0.25, 0.3) is 0 Å². The summed E-state index contributed by atoms with van der Waals surface area (Å²) in [7, 11) is 0. The summed E-state index contributed by atoms with van der Waals surface area (Å²) in [5, 5.41) is 0. The summed E-state index contributed by atoms with van der Waals surface area (Å²) in [6, 6.07) is 0. The molecule has 1 saturated heterocycles. The highest BCUT2D eigenvalue weighted by Crippen LogP contribution is 2.23. The molecule has 1 aliphatic rings. The first-order valence-corrected chi connectivity index (χ1v) is 7.05. The average molecular weight is 279 g/mol. The van der Waals surface area contributed by atoms with E-state index < -0.39 is 0 Å². The first-order chi connectivity index (χ1) is 9.54. The number of nitrogens with zero attached hydrogens (tertiary/aromatic N) is 1. The van der Waals surface area contributed by atoms with Crippen molar-refractivity contribution in [1.29, 1.82) is 0 Å². The largest absolute Gasteiger partial charge is 0.469 e. The molecule has 1 aliphatic heterocycles. The number of aryl methyl sites for hydroxylation is 2. The summed E-state index contributed by atoms with van der Waals surface area (Å²) in [5.74, 6) is 0.428. The molecule has 0 radical (unpaired) electrons. The number of rotatable bonds is 3. The Kier molecular flexibility index (Phi) is 4.47. The van der Waals surface area contributed by atoms with Crippen molar-refractivity contribution >= 4 is 11.9 Å². The highest BCUT2D eigenvalue weighted by atomic mass is 16.5. The minimum absolute atomic E-state index is 0.00365. The summed E-state index contributed by atoms with van der Waals surface area (Å²) in [4.78, 5) is 25.9. The monoisotopic (exact) mass is 279 g/mol. The third-order valence-corrected chi connectivity index (χ3v) is 3.77. The first kappa shape index (κ1) is 14.6. The van der Waals surface area contributed by atoms with Gasteiger partial charge in [0.05, 0.1) is 24.4 Å². The van der Waals surface area contributed by atoms with Gasteiger partial charge in [0, 0.05) is 18.7 Å². The number of carbonyl (C=O) groups is 2. The van der Waals surface area contributed by atoms with Crippen LogP contribution in [0.1, 0.15) is 41.4 Å². The maximum Gasteiger partial charge on any atom is 0.309 e. The summed E-state index contributed by atoms with van der Waals surface area (Å²) in [6.45, 7) is 7.06. The Bertz CT molecular complexity index is 478. The van der Waals surface area contributed by atoms with E-state index in [2.05, 4.69) is 0 Å². The summed E-state index contributed by atoms with van der Waals surface area (Å²) >= 11 is 0. The fraction of sp³-hybridized carbons (Fsp3) is 0.600. The van der Waals surface area contributed by atoms with E-state index in [0.717, 1.165) is 5.56 Å². The molecule has 0 N–H and O–H groups in total. The zero-order valence-corrected chi connectivity index (χ0v) is 12.3. The van der Waals surface area contributed by atoms with Crippen LogP contribution in [0.4, 0.5) is 0 Å². The first-order valence-electron chi connectivity index (χ1n) is 7.05. The molecule has 0 atom stereocenters. The lowest BCUT2D eigenvalue weighted by molar-refractivity contribution is -0.149. The van der Waals surface area contributed by atoms with E-state index in [1.54, 1.807) is 25.0 Å². The van der Waals surface area contributed by atoms with E-state index in [1.165, 1.54) is 0 Å². The number of hydrogen-bond acceptors (Lipinski definition) is 4. The summed E-state index contributed by atoms with van der Waals surface area (Å²) in [5.41, 5.74) is 1.51. The van der Waals surface area contributed by atoms with E-state index in [0.29, 0.717) is 43.9 Å². The smallest absolute Gasteiger partial charge is 0.309 e. The highest BCUT2D eigenvalue weighted by Gasteiger charge is 2.30. The molecule has 2 rings (SSSR count). The number of likely N-dealkylation sites (tertiary alicyclic amines) is 1. The molecule has 1 fully saturated rings. The van der Waals surface area contributed by atoms with E-state index in [4.69, 9.17) is 9.15 Å². The standard InChI is InChI=1S/C15H21NO4/c1-4-19-15(18)12-5-7-16(8-6-12)14(17)13-10(2)9-20-11(13)3/h9,12H,4-8H2,1-3H3. The van der Waals surface area contributed by atoms with Crippen molar-refractivity contribution in [2.24, 2.45) is 5.92 Å². The third kappa shape index (κ3) is 2.86. The number of carbonyl (C=O) groups excluding carboxylic acids is 2. The van der Waals surface area contributed by atoms with Crippen LogP contribution >= 0.6 is 0 Å². The topological polar surface area (TPSA) is 59.8 Å². The number of ether oxygens (including phenoxy) is 1. The van der Waals surface area contributed by atoms with E-state index in [9.17, 15) is 9.59 Å². The molecule has 2 heterocycles. The van der Waals surface area contributed by atoms with E-state index >= 15 is 0 Å². The van der Waals surface area contributed by atoms with Crippen LogP contribution in [0.15, 0.2) is 10.7 Å². The van der Waals surface area contributed by atoms with Gasteiger partial charge in [-0.15, -0.1) is 0 Å². The fourth-order valence-corrected chi connectivity index (χ4v) is 2.63. The van der Waals surface area contributed by atoms with Crippen molar-refractivity contribution in [1.82, 2.24) is 4.90 Å². The van der Waals surface area contributed by atoms with Crippen LogP contribution in [0.3, 0.4) is 0 Å². The molecule has 110 valence electrons. The lowest BCUT2D eigenvalue weighted by Crippen LogP contribution is -2.41. The predicted molar refractivity (Wildman–Crippen MR) is 73.4 cm³/mol. The molecular formula is C15H21NO4. The summed E-state index contributed by atoms with van der Waals surface area (Å²) < 4.78 is 10.3. The normalized spacial score (nSPS) is 16.2. The van der Waals surface area contributed by atoms with Gasteiger partial charge in [-0.1, -0.05) is 0 Å². The minimum Gasteiger partial charge on any atom is -0.469 e. The Labute approximate surface area is 118 Å². The lowest BCUT2D eigenvalue weighted by Gasteiger charge is -2.31. The maximum absolute atomic E-state index is 12.5. The molecule has 0 aromatic carbocycles. The van der Waals surface area contributed by atoms with Gasteiger partial charge in [0.15, 0.2) is 0 Å². The third-order valence-electron chi connectivity index (χ3n) is 3.77. The number of piperidine rings is 1. The van der Waals surface area contributed by atoms with Gasteiger partial charge in [0.2, 0.25) is 0 Å². The molecule has 0 saturated carbocycles. The minimum atomic E-state index is -0.143. The Morgan fingerprint density at radius 2 is 2.00 bits per heavy atom. The second-order valence-corrected chi connectivity index (χ2v) is 5.17. The van der Waals surface area contributed by atoms with Crippen LogP contribution < -0.4 is 0 Å². The lowest BCUT2D eigenvalue weighted by atomic mass is 9.96. The zero-order chi connectivity index (χ0) is 14.7. The second-order valence-electron chi connectivity index (χ2n) is 5.17. The second kappa shape index (κ2) is 6.11. The number of amides is 1. The average Bonchev–Trinajstić information content (AvgIpc) is 2.78. The Morgan fingerprint density at radius 1 is 1.35 bits per heavy atom. The Balaban J connectivity index is 1.97. The van der Waals surface area contributed by atoms with Gasteiger partial charge >= 0.3 is 5.97 Å². The molecule has 0 spiro atoms. The van der Waals surface area contributed by atoms with Crippen LogP contribution in [0, 0.1) is 19.8 Å². The molecule has 0 aliphatic carbocycles. The van der Waals surface area contributed by atoms with Crippen molar-refractivity contribution in [2.75, 3.05) is 19.7 Å². The quantitative estimate of drug-likeness (QED) is 0.797. The van der Waals surface area contributed by atoms with Crippen LogP contribution in [-0.2, 0) is 9.53 Å². The van der Waals surface area contributed by atoms with Crippen molar-refractivity contribution in [3.8, 4) is 0 Å².